The van der Waals surface area contributed by atoms with Crippen molar-refractivity contribution in [2.45, 2.75) is 57.0 Å². The maximum atomic E-state index is 12.7. The van der Waals surface area contributed by atoms with E-state index in [-0.39, 0.29) is 33.7 Å². The van der Waals surface area contributed by atoms with E-state index >= 15 is 0 Å². The van der Waals surface area contributed by atoms with Crippen LogP contribution in [0.25, 0.3) is 11.2 Å². The van der Waals surface area contributed by atoms with E-state index in [2.05, 4.69) is 20.3 Å². The molecule has 2 aromatic heterocycles. The maximum absolute atomic E-state index is 12.7. The number of nitrogens with one attached hydrogen (secondary N) is 1. The summed E-state index contributed by atoms with van der Waals surface area (Å²) in [5.74, 6) is -1.55. The number of nitrogens with zero attached hydrogens (tertiary/aromatic N) is 4. The van der Waals surface area contributed by atoms with Gasteiger partial charge in [0.25, 0.3) is 0 Å². The molecule has 0 bridgehead atoms. The lowest BCUT2D eigenvalue weighted by Crippen LogP contribution is -2.35. The Morgan fingerprint density at radius 2 is 1.85 bits per heavy atom. The average molecular weight is 594 g/mol. The lowest BCUT2D eigenvalue weighted by molar-refractivity contribution is -0.164. The summed E-state index contributed by atoms with van der Waals surface area (Å²) in [5.41, 5.74) is 0.437. The highest BCUT2D eigenvalue weighted by Gasteiger charge is 2.49. The Hall–Kier alpha value is -3.21. The lowest BCUT2D eigenvalue weighted by Gasteiger charge is -2.22. The van der Waals surface area contributed by atoms with Crippen molar-refractivity contribution in [3.8, 4) is 0 Å². The van der Waals surface area contributed by atoms with Gasteiger partial charge in [0.1, 0.15) is 12.6 Å². The second kappa shape index (κ2) is 13.2. The number of rotatable bonds is 11. The normalized spacial score (nSPS) is 20.1. The van der Waals surface area contributed by atoms with Gasteiger partial charge in [-0.05, 0) is 6.26 Å². The van der Waals surface area contributed by atoms with Gasteiger partial charge in [0.2, 0.25) is 18.4 Å². The van der Waals surface area contributed by atoms with Crippen LogP contribution < -0.4 is 5.32 Å². The summed E-state index contributed by atoms with van der Waals surface area (Å²) in [6, 6.07) is 0. The number of ether oxygens (including phenoxy) is 4. The Morgan fingerprint density at radius 1 is 1.13 bits per heavy atom. The molecule has 0 radical (unpaired) electrons. The van der Waals surface area contributed by atoms with Crippen LogP contribution in [0.3, 0.4) is 0 Å². The van der Waals surface area contributed by atoms with E-state index in [0.717, 1.165) is 44.5 Å². The highest BCUT2D eigenvalue weighted by molar-refractivity contribution is 7.99. The van der Waals surface area contributed by atoms with E-state index in [9.17, 15) is 27.6 Å². The number of halogens is 3. The minimum atomic E-state index is -4.34. The molecule has 0 saturated carbocycles. The summed E-state index contributed by atoms with van der Waals surface area (Å²) in [7, 11) is 0. The van der Waals surface area contributed by atoms with Crippen molar-refractivity contribution in [3.05, 3.63) is 18.3 Å². The minimum Gasteiger partial charge on any atom is -0.463 e. The van der Waals surface area contributed by atoms with Gasteiger partial charge in [0.05, 0.1) is 6.42 Å². The second-order valence-corrected chi connectivity index (χ2v) is 10.1. The molecule has 0 aromatic carbocycles. The highest BCUT2D eigenvalue weighted by Crippen LogP contribution is 2.39. The standard InChI is InChI=1S/C22H26F3N5O7S2/c1-11(31)34-9-14-16(35-12(2)32)17(36-13(3)33)20(37-14)30-10-27-15-18(26-6-8-38-4)28-21(29-19(15)30)39-7-5-22(23,24)25/h9-10,16-17,20H,5-8H2,1-4H3,(H,26,28,29)/b14-9+/t16-,17-,20-/m1/s1. The summed E-state index contributed by atoms with van der Waals surface area (Å²) >= 11 is 2.39. The number of hydrogen-bond donors (Lipinski definition) is 1. The maximum Gasteiger partial charge on any atom is 0.389 e. The number of carbonyl (C=O) groups is 3. The van der Waals surface area contributed by atoms with Crippen LogP contribution in [0.4, 0.5) is 19.0 Å². The number of hydrogen-bond acceptors (Lipinski definition) is 13. The van der Waals surface area contributed by atoms with E-state index in [1.165, 1.54) is 10.9 Å². The van der Waals surface area contributed by atoms with Crippen LogP contribution in [0, 0.1) is 0 Å². The predicted molar refractivity (Wildman–Crippen MR) is 135 cm³/mol. The molecule has 1 aliphatic heterocycles. The molecule has 214 valence electrons. The molecule has 17 heteroatoms. The lowest BCUT2D eigenvalue weighted by atomic mass is 10.2. The molecule has 12 nitrogen and oxygen atoms in total. The van der Waals surface area contributed by atoms with Crippen molar-refractivity contribution in [1.82, 2.24) is 19.5 Å². The Morgan fingerprint density at radius 3 is 2.46 bits per heavy atom. The molecule has 0 unspecified atom stereocenters. The zero-order valence-corrected chi connectivity index (χ0v) is 22.9. The number of imidazole rings is 1. The summed E-state index contributed by atoms with van der Waals surface area (Å²) in [6.45, 7) is 3.93. The Balaban J connectivity index is 2.07. The molecule has 1 fully saturated rings. The fraction of sp³-hybridized carbons (Fsp3) is 0.545. The second-order valence-electron chi connectivity index (χ2n) is 8.05. The van der Waals surface area contributed by atoms with Gasteiger partial charge in [0.15, 0.2) is 27.9 Å². The van der Waals surface area contributed by atoms with Crippen LogP contribution >= 0.6 is 23.5 Å². The van der Waals surface area contributed by atoms with Crippen molar-refractivity contribution in [3.63, 3.8) is 0 Å². The molecule has 1 saturated heterocycles. The first-order valence-electron chi connectivity index (χ1n) is 11.4. The molecule has 3 rings (SSSR count). The van der Waals surface area contributed by atoms with E-state index in [1.54, 1.807) is 11.8 Å². The van der Waals surface area contributed by atoms with Crippen molar-refractivity contribution < 1.29 is 46.5 Å². The minimum absolute atomic E-state index is 0.0504. The van der Waals surface area contributed by atoms with Gasteiger partial charge in [-0.1, -0.05) is 11.8 Å². The Labute approximate surface area is 229 Å². The monoisotopic (exact) mass is 593 g/mol. The number of fused-ring (bicyclic) bond motifs is 1. The summed E-state index contributed by atoms with van der Waals surface area (Å²) < 4.78 is 61.1. The molecular formula is C22H26F3N5O7S2. The average Bonchev–Trinajstić information content (AvgIpc) is 3.38. The van der Waals surface area contributed by atoms with Crippen molar-refractivity contribution in [2.75, 3.05) is 29.6 Å². The summed E-state index contributed by atoms with van der Waals surface area (Å²) in [5, 5.41) is 3.16. The van der Waals surface area contributed by atoms with Gasteiger partial charge in [0, 0.05) is 38.8 Å². The van der Waals surface area contributed by atoms with Crippen LogP contribution in [0.15, 0.2) is 23.5 Å². The first kappa shape index (κ1) is 30.3. The molecule has 1 N–H and O–H groups in total. The first-order valence-corrected chi connectivity index (χ1v) is 13.8. The molecule has 39 heavy (non-hydrogen) atoms. The predicted octanol–water partition coefficient (Wildman–Crippen LogP) is 3.44. The molecular weight excluding hydrogens is 567 g/mol. The number of esters is 3. The van der Waals surface area contributed by atoms with E-state index < -0.39 is 48.9 Å². The third kappa shape index (κ3) is 8.39. The van der Waals surface area contributed by atoms with E-state index in [1.807, 2.05) is 6.26 Å². The number of alkyl halides is 3. The molecule has 0 amide bonds. The number of aromatic nitrogens is 4. The molecule has 3 heterocycles. The van der Waals surface area contributed by atoms with Crippen molar-refractivity contribution in [1.29, 1.82) is 0 Å². The third-order valence-corrected chi connectivity index (χ3v) is 6.40. The van der Waals surface area contributed by atoms with Crippen molar-refractivity contribution in [2.24, 2.45) is 0 Å². The van der Waals surface area contributed by atoms with Gasteiger partial charge in [-0.2, -0.15) is 24.9 Å². The third-order valence-electron chi connectivity index (χ3n) is 4.94. The molecule has 3 atom stereocenters. The molecule has 0 spiro atoms. The summed E-state index contributed by atoms with van der Waals surface area (Å²) in [4.78, 5) is 48.2. The number of thioether (sulfide) groups is 2. The zero-order valence-electron chi connectivity index (χ0n) is 21.3. The molecule has 2 aromatic rings. The Kier molecular flexibility index (Phi) is 10.3. The molecule has 0 aliphatic carbocycles. The SMILES string of the molecule is CSCCNc1nc(SCCC(F)(F)F)nc2c1ncn2[C@@H]1O/C(=C/OC(C)=O)[C@@H](OC(C)=O)[C@H]1OC(C)=O. The number of anilines is 1. The topological polar surface area (TPSA) is 144 Å². The van der Waals surface area contributed by atoms with E-state index in [4.69, 9.17) is 18.9 Å². The van der Waals surface area contributed by atoms with Crippen LogP contribution in [0.2, 0.25) is 0 Å². The fourth-order valence-electron chi connectivity index (χ4n) is 3.45. The van der Waals surface area contributed by atoms with Crippen LogP contribution in [-0.4, -0.2) is 80.1 Å². The van der Waals surface area contributed by atoms with Crippen molar-refractivity contribution >= 4 is 58.4 Å². The van der Waals surface area contributed by atoms with Gasteiger partial charge < -0.3 is 24.3 Å². The Bertz CT molecular complexity index is 1240. The van der Waals surface area contributed by atoms with Gasteiger partial charge in [-0.15, -0.1) is 0 Å². The van der Waals surface area contributed by atoms with Gasteiger partial charge >= 0.3 is 24.1 Å². The quantitative estimate of drug-likeness (QED) is 0.102. The molecule has 1 aliphatic rings. The van der Waals surface area contributed by atoms with Crippen LogP contribution in [0.1, 0.15) is 33.4 Å². The number of carbonyl (C=O) groups excluding carboxylic acids is 3. The van der Waals surface area contributed by atoms with Crippen LogP contribution in [-0.2, 0) is 33.3 Å². The smallest absolute Gasteiger partial charge is 0.389 e. The fourth-order valence-corrected chi connectivity index (χ4v) is 4.58. The zero-order chi connectivity index (χ0) is 28.7. The van der Waals surface area contributed by atoms with Gasteiger partial charge in [-0.25, -0.2) is 15.0 Å². The highest BCUT2D eigenvalue weighted by atomic mass is 32.2. The van der Waals surface area contributed by atoms with E-state index in [0.29, 0.717) is 6.54 Å². The van der Waals surface area contributed by atoms with Gasteiger partial charge in [-0.3, -0.25) is 19.0 Å². The largest absolute Gasteiger partial charge is 0.463 e. The summed E-state index contributed by atoms with van der Waals surface area (Å²) in [6.07, 6.45) is -4.95. The van der Waals surface area contributed by atoms with Crippen LogP contribution in [0.5, 0.6) is 0 Å². The first-order chi connectivity index (χ1) is 18.4.